The number of aromatic nitrogens is 1. The number of aryl methyl sites for hydroxylation is 1. The lowest BCUT2D eigenvalue weighted by molar-refractivity contribution is 1.26. The van der Waals surface area contributed by atoms with E-state index < -0.39 is 0 Å². The molecule has 0 aliphatic carbocycles. The molecule has 0 bridgehead atoms. The van der Waals surface area contributed by atoms with Crippen LogP contribution in [0.15, 0.2) is 30.3 Å². The van der Waals surface area contributed by atoms with E-state index in [2.05, 4.69) is 17.1 Å². The van der Waals surface area contributed by atoms with Crippen molar-refractivity contribution in [3.05, 3.63) is 42.1 Å². The molecule has 0 aliphatic heterocycles. The van der Waals surface area contributed by atoms with Gasteiger partial charge in [-0.1, -0.05) is 12.1 Å². The number of rotatable bonds is 0. The fourth-order valence-corrected chi connectivity index (χ4v) is 1.11. The average Bonchev–Trinajstić information content (AvgIpc) is 2.04. The van der Waals surface area contributed by atoms with Crippen LogP contribution in [0, 0.1) is 13.0 Å². The predicted octanol–water partition coefficient (Wildman–Crippen LogP) is 2.34. The minimum Gasteiger partial charge on any atom is -0.253 e. The normalized spacial score (nSPS) is 10.3. The summed E-state index contributed by atoms with van der Waals surface area (Å²) >= 11 is 0. The van der Waals surface area contributed by atoms with E-state index >= 15 is 0 Å². The highest BCUT2D eigenvalue weighted by molar-refractivity contribution is 5.78. The largest absolute Gasteiger partial charge is 0.253 e. The number of benzene rings is 1. The van der Waals surface area contributed by atoms with Gasteiger partial charge in [0.2, 0.25) is 0 Å². The zero-order valence-corrected chi connectivity index (χ0v) is 6.33. The van der Waals surface area contributed by atoms with Crippen molar-refractivity contribution < 1.29 is 0 Å². The molecule has 0 aliphatic rings. The molecule has 2 aromatic rings. The van der Waals surface area contributed by atoms with Gasteiger partial charge in [0.05, 0.1) is 5.52 Å². The van der Waals surface area contributed by atoms with E-state index in [0.717, 1.165) is 16.6 Å². The average molecular weight is 142 g/mol. The van der Waals surface area contributed by atoms with Crippen LogP contribution < -0.4 is 0 Å². The van der Waals surface area contributed by atoms with Crippen molar-refractivity contribution in [1.82, 2.24) is 4.98 Å². The van der Waals surface area contributed by atoms with Gasteiger partial charge in [-0.3, -0.25) is 4.98 Å². The van der Waals surface area contributed by atoms with Gasteiger partial charge in [0.25, 0.3) is 0 Å². The fraction of sp³-hybridized carbons (Fsp3) is 0.100. The molecule has 1 heteroatoms. The summed E-state index contributed by atoms with van der Waals surface area (Å²) in [5.74, 6) is 0. The van der Waals surface area contributed by atoms with Crippen LogP contribution in [0.4, 0.5) is 0 Å². The van der Waals surface area contributed by atoms with E-state index in [-0.39, 0.29) is 0 Å². The Balaban J connectivity index is 2.83. The standard InChI is InChI=1S/C10H8N/c1-8-6-7-9-4-2-3-5-10(9)11-8/h3-7H,1H3. The second-order valence-corrected chi connectivity index (χ2v) is 2.57. The number of fused-ring (bicyclic) bond motifs is 1. The summed E-state index contributed by atoms with van der Waals surface area (Å²) in [6.07, 6.45) is 0. The molecule has 1 aromatic heterocycles. The molecule has 53 valence electrons. The molecule has 1 aromatic carbocycles. The molecule has 0 spiro atoms. The third-order valence-corrected chi connectivity index (χ3v) is 1.67. The fourth-order valence-electron chi connectivity index (χ4n) is 1.11. The Kier molecular flexibility index (Phi) is 1.35. The second-order valence-electron chi connectivity index (χ2n) is 2.57. The highest BCUT2D eigenvalue weighted by Gasteiger charge is 1.91. The summed E-state index contributed by atoms with van der Waals surface area (Å²) in [6.45, 7) is 2.00. The van der Waals surface area contributed by atoms with Crippen LogP contribution in [-0.2, 0) is 0 Å². The van der Waals surface area contributed by atoms with Crippen LogP contribution in [0.25, 0.3) is 10.9 Å². The maximum atomic E-state index is 4.36. The summed E-state index contributed by atoms with van der Waals surface area (Å²) in [7, 11) is 0. The van der Waals surface area contributed by atoms with Gasteiger partial charge in [0.1, 0.15) is 0 Å². The molecule has 1 nitrogen and oxygen atoms in total. The zero-order valence-electron chi connectivity index (χ0n) is 6.33. The summed E-state index contributed by atoms with van der Waals surface area (Å²) in [5.41, 5.74) is 2.10. The third-order valence-electron chi connectivity index (χ3n) is 1.67. The molecule has 11 heavy (non-hydrogen) atoms. The van der Waals surface area contributed by atoms with Gasteiger partial charge >= 0.3 is 0 Å². The SMILES string of the molecule is Cc1ccc2c[c]ccc2n1. The van der Waals surface area contributed by atoms with Gasteiger partial charge in [-0.05, 0) is 31.2 Å². The van der Waals surface area contributed by atoms with Gasteiger partial charge in [-0.2, -0.15) is 0 Å². The van der Waals surface area contributed by atoms with Crippen molar-refractivity contribution >= 4 is 10.9 Å². The van der Waals surface area contributed by atoms with Crippen molar-refractivity contribution in [2.75, 3.05) is 0 Å². The highest BCUT2D eigenvalue weighted by atomic mass is 14.7. The molecule has 0 unspecified atom stereocenters. The summed E-state index contributed by atoms with van der Waals surface area (Å²) in [6, 6.07) is 12.9. The van der Waals surface area contributed by atoms with Crippen LogP contribution in [-0.4, -0.2) is 4.98 Å². The van der Waals surface area contributed by atoms with E-state index in [9.17, 15) is 0 Å². The lowest BCUT2D eigenvalue weighted by atomic mass is 10.2. The molecule has 0 saturated carbocycles. The highest BCUT2D eigenvalue weighted by Crippen LogP contribution is 2.10. The number of nitrogens with zero attached hydrogens (tertiary/aromatic N) is 1. The van der Waals surface area contributed by atoms with Crippen molar-refractivity contribution in [3.8, 4) is 0 Å². The molecule has 0 saturated heterocycles. The zero-order chi connectivity index (χ0) is 7.68. The van der Waals surface area contributed by atoms with Crippen molar-refractivity contribution in [1.29, 1.82) is 0 Å². The molecule has 1 heterocycles. The van der Waals surface area contributed by atoms with Crippen LogP contribution in [0.2, 0.25) is 0 Å². The lowest BCUT2D eigenvalue weighted by Crippen LogP contribution is -1.80. The first-order valence-corrected chi connectivity index (χ1v) is 3.60. The Bertz CT molecular complexity index is 379. The minimum absolute atomic E-state index is 1.05. The molecular weight excluding hydrogens is 134 g/mol. The maximum Gasteiger partial charge on any atom is 0.0705 e. The lowest BCUT2D eigenvalue weighted by Gasteiger charge is -1.95. The third kappa shape index (κ3) is 1.09. The minimum atomic E-state index is 1.05. The van der Waals surface area contributed by atoms with E-state index in [4.69, 9.17) is 0 Å². The van der Waals surface area contributed by atoms with Gasteiger partial charge < -0.3 is 0 Å². The second kappa shape index (κ2) is 2.35. The molecule has 0 N–H and O–H groups in total. The van der Waals surface area contributed by atoms with Crippen LogP contribution in [0.3, 0.4) is 0 Å². The van der Waals surface area contributed by atoms with Gasteiger partial charge in [0.15, 0.2) is 0 Å². The van der Waals surface area contributed by atoms with Crippen LogP contribution >= 0.6 is 0 Å². The maximum absolute atomic E-state index is 4.36. The first kappa shape index (κ1) is 6.35. The molecule has 1 radical (unpaired) electrons. The smallest absolute Gasteiger partial charge is 0.0705 e. The summed E-state index contributed by atoms with van der Waals surface area (Å²) in [5, 5.41) is 1.15. The molecule has 0 fully saturated rings. The Labute approximate surface area is 65.7 Å². The van der Waals surface area contributed by atoms with E-state index in [1.165, 1.54) is 0 Å². The Morgan fingerprint density at radius 3 is 3.09 bits per heavy atom. The van der Waals surface area contributed by atoms with Crippen molar-refractivity contribution in [2.24, 2.45) is 0 Å². The van der Waals surface area contributed by atoms with Gasteiger partial charge in [0, 0.05) is 11.1 Å². The first-order valence-electron chi connectivity index (χ1n) is 3.60. The molecule has 0 amide bonds. The van der Waals surface area contributed by atoms with E-state index in [0.29, 0.717) is 0 Å². The van der Waals surface area contributed by atoms with Crippen LogP contribution in [0.5, 0.6) is 0 Å². The Hall–Kier alpha value is -1.37. The van der Waals surface area contributed by atoms with Gasteiger partial charge in [-0.15, -0.1) is 0 Å². The van der Waals surface area contributed by atoms with Crippen molar-refractivity contribution in [2.45, 2.75) is 6.92 Å². The monoisotopic (exact) mass is 142 g/mol. The Morgan fingerprint density at radius 1 is 1.27 bits per heavy atom. The quantitative estimate of drug-likeness (QED) is 0.550. The molecule has 0 atom stereocenters. The van der Waals surface area contributed by atoms with Gasteiger partial charge in [-0.25, -0.2) is 0 Å². The molecule has 2 rings (SSSR count). The van der Waals surface area contributed by atoms with E-state index in [1.807, 2.05) is 31.2 Å². The van der Waals surface area contributed by atoms with E-state index in [1.54, 1.807) is 0 Å². The summed E-state index contributed by atoms with van der Waals surface area (Å²) < 4.78 is 0. The van der Waals surface area contributed by atoms with Crippen LogP contribution in [0.1, 0.15) is 5.69 Å². The predicted molar refractivity (Wildman–Crippen MR) is 45.3 cm³/mol. The Morgan fingerprint density at radius 2 is 2.18 bits per heavy atom. The topological polar surface area (TPSA) is 12.9 Å². The number of hydrogen-bond donors (Lipinski definition) is 0. The number of hydrogen-bond acceptors (Lipinski definition) is 1. The van der Waals surface area contributed by atoms with Crippen molar-refractivity contribution in [3.63, 3.8) is 0 Å². The number of pyridine rings is 1. The summed E-state index contributed by atoms with van der Waals surface area (Å²) in [4.78, 5) is 4.36. The first-order chi connectivity index (χ1) is 5.36. The molecular formula is C10H8N.